The lowest BCUT2D eigenvalue weighted by atomic mass is 10.1. The van der Waals surface area contributed by atoms with Crippen molar-refractivity contribution in [2.45, 2.75) is 52.1 Å². The van der Waals surface area contributed by atoms with Crippen molar-refractivity contribution in [3.8, 4) is 5.75 Å². The van der Waals surface area contributed by atoms with Crippen LogP contribution in [0.1, 0.15) is 60.7 Å². The Morgan fingerprint density at radius 2 is 1.71 bits per heavy atom. The number of furan rings is 1. The van der Waals surface area contributed by atoms with Crippen LogP contribution in [-0.2, 0) is 13.1 Å². The van der Waals surface area contributed by atoms with E-state index < -0.39 is 11.7 Å². The van der Waals surface area contributed by atoms with Gasteiger partial charge in [-0.2, -0.15) is 0 Å². The number of carbonyl (C=O) groups is 1. The van der Waals surface area contributed by atoms with E-state index in [1.54, 1.807) is 18.2 Å². The van der Waals surface area contributed by atoms with Crippen LogP contribution in [0.4, 0.5) is 4.39 Å². The fraction of sp³-hybridized carbons (Fsp3) is 0.346. The van der Waals surface area contributed by atoms with E-state index in [4.69, 9.17) is 44.0 Å². The number of unbranched alkanes of at least 4 members (excludes halogenated alkanes) is 4. The maximum Gasteiger partial charge on any atom is 0.254 e. The number of ether oxygens (including phenoxy) is 1. The summed E-state index contributed by atoms with van der Waals surface area (Å²) in [5.74, 6) is 0.000250. The van der Waals surface area contributed by atoms with Gasteiger partial charge in [-0.1, -0.05) is 73.5 Å². The topological polar surface area (TPSA) is 42.7 Å². The van der Waals surface area contributed by atoms with Crippen LogP contribution in [0.5, 0.6) is 5.75 Å². The van der Waals surface area contributed by atoms with Gasteiger partial charge in [0.05, 0.1) is 36.0 Å². The smallest absolute Gasteiger partial charge is 0.254 e. The van der Waals surface area contributed by atoms with Crippen LogP contribution in [-0.4, -0.2) is 17.4 Å². The summed E-state index contributed by atoms with van der Waals surface area (Å²) in [6.07, 6.45) is 7.01. The van der Waals surface area contributed by atoms with Crippen LogP contribution in [0.25, 0.3) is 0 Å². The molecule has 34 heavy (non-hydrogen) atoms. The molecule has 0 aliphatic carbocycles. The predicted octanol–water partition coefficient (Wildman–Crippen LogP) is 8.57. The monoisotopic (exact) mass is 525 g/mol. The van der Waals surface area contributed by atoms with Crippen molar-refractivity contribution < 1.29 is 18.3 Å². The third-order valence-electron chi connectivity index (χ3n) is 5.36. The molecule has 0 saturated heterocycles. The van der Waals surface area contributed by atoms with Crippen LogP contribution in [0.2, 0.25) is 15.1 Å². The van der Waals surface area contributed by atoms with Crippen molar-refractivity contribution in [3.05, 3.63) is 86.5 Å². The predicted molar refractivity (Wildman–Crippen MR) is 134 cm³/mol. The molecule has 0 saturated carbocycles. The number of benzene rings is 2. The van der Waals surface area contributed by atoms with Gasteiger partial charge < -0.3 is 14.1 Å². The Balaban J connectivity index is 1.78. The Morgan fingerprint density at radius 3 is 2.35 bits per heavy atom. The van der Waals surface area contributed by atoms with E-state index in [1.165, 1.54) is 48.3 Å². The number of carbonyl (C=O) groups excluding carboxylic acids is 1. The zero-order valence-corrected chi connectivity index (χ0v) is 21.2. The van der Waals surface area contributed by atoms with E-state index in [0.29, 0.717) is 18.1 Å². The number of amides is 1. The summed E-state index contributed by atoms with van der Waals surface area (Å²) in [6.45, 7) is 2.71. The Bertz CT molecular complexity index is 1050. The molecular formula is C26H27Cl3FNO3. The molecule has 0 fully saturated rings. The van der Waals surface area contributed by atoms with Crippen LogP contribution in [0, 0.1) is 5.82 Å². The maximum absolute atomic E-state index is 14.4. The Kier molecular flexibility index (Phi) is 10.1. The van der Waals surface area contributed by atoms with Crippen LogP contribution >= 0.6 is 34.8 Å². The highest BCUT2D eigenvalue weighted by Gasteiger charge is 2.23. The maximum atomic E-state index is 14.4. The molecule has 0 spiro atoms. The number of rotatable bonds is 12. The van der Waals surface area contributed by atoms with Crippen molar-refractivity contribution >= 4 is 40.7 Å². The molecule has 2 aromatic carbocycles. The number of nitrogens with zero attached hydrogens (tertiary/aromatic N) is 1. The molecule has 0 N–H and O–H groups in total. The summed E-state index contributed by atoms with van der Waals surface area (Å²) in [7, 11) is 0. The van der Waals surface area contributed by atoms with Gasteiger partial charge in [0.2, 0.25) is 0 Å². The minimum Gasteiger partial charge on any atom is -0.490 e. The number of halogens is 4. The molecule has 3 aromatic rings. The Hall–Kier alpha value is -2.21. The van der Waals surface area contributed by atoms with Gasteiger partial charge in [0, 0.05) is 16.1 Å². The van der Waals surface area contributed by atoms with Crippen LogP contribution in [0.15, 0.2) is 53.1 Å². The lowest BCUT2D eigenvalue weighted by Crippen LogP contribution is -2.30. The fourth-order valence-electron chi connectivity index (χ4n) is 3.55. The normalized spacial score (nSPS) is 11.0. The first-order chi connectivity index (χ1) is 16.4. The standard InChI is InChI=1S/C26H27Cl3FNO3/c1-2-3-4-5-6-12-34-25-22(28)14-18(15-23(25)29)26(32)31(16-19-9-8-13-33-19)17-20-21(27)10-7-11-24(20)30/h7-11,13-15H,2-6,12,16-17H2,1H3. The third kappa shape index (κ3) is 7.14. The second-order valence-electron chi connectivity index (χ2n) is 7.97. The summed E-state index contributed by atoms with van der Waals surface area (Å²) in [5.41, 5.74) is 0.466. The van der Waals surface area contributed by atoms with Crippen molar-refractivity contribution in [1.29, 1.82) is 0 Å². The lowest BCUT2D eigenvalue weighted by molar-refractivity contribution is 0.0716. The second-order valence-corrected chi connectivity index (χ2v) is 9.19. The van der Waals surface area contributed by atoms with E-state index in [2.05, 4.69) is 6.92 Å². The quantitative estimate of drug-likeness (QED) is 0.222. The number of hydrogen-bond acceptors (Lipinski definition) is 3. The summed E-state index contributed by atoms with van der Waals surface area (Å²) >= 11 is 19.0. The highest BCUT2D eigenvalue weighted by molar-refractivity contribution is 6.37. The Morgan fingerprint density at radius 1 is 0.971 bits per heavy atom. The van der Waals surface area contributed by atoms with Gasteiger partial charge in [-0.15, -0.1) is 0 Å². The minimum absolute atomic E-state index is 0.0592. The molecule has 0 aliphatic heterocycles. The molecule has 0 radical (unpaired) electrons. The highest BCUT2D eigenvalue weighted by atomic mass is 35.5. The zero-order chi connectivity index (χ0) is 24.5. The van der Waals surface area contributed by atoms with Gasteiger partial charge in [0.25, 0.3) is 5.91 Å². The van der Waals surface area contributed by atoms with Gasteiger partial charge in [-0.3, -0.25) is 4.79 Å². The molecule has 1 heterocycles. The van der Waals surface area contributed by atoms with Gasteiger partial charge in [-0.25, -0.2) is 4.39 Å². The first kappa shape index (κ1) is 26.4. The summed E-state index contributed by atoms with van der Waals surface area (Å²) in [6, 6.07) is 10.9. The highest BCUT2D eigenvalue weighted by Crippen LogP contribution is 2.35. The molecule has 4 nitrogen and oxygen atoms in total. The molecule has 1 aromatic heterocycles. The van der Waals surface area contributed by atoms with E-state index in [0.717, 1.165) is 19.3 Å². The van der Waals surface area contributed by atoms with Gasteiger partial charge in [-0.05, 0) is 42.8 Å². The van der Waals surface area contributed by atoms with Crippen molar-refractivity contribution in [2.24, 2.45) is 0 Å². The van der Waals surface area contributed by atoms with Gasteiger partial charge >= 0.3 is 0 Å². The minimum atomic E-state index is -0.497. The van der Waals surface area contributed by atoms with Gasteiger partial charge in [0.1, 0.15) is 11.6 Å². The molecule has 0 aliphatic rings. The molecule has 8 heteroatoms. The van der Waals surface area contributed by atoms with Crippen LogP contribution in [0.3, 0.4) is 0 Å². The average molecular weight is 527 g/mol. The number of hydrogen-bond donors (Lipinski definition) is 0. The zero-order valence-electron chi connectivity index (χ0n) is 19.0. The van der Waals surface area contributed by atoms with Crippen LogP contribution < -0.4 is 4.74 Å². The molecule has 182 valence electrons. The molecule has 0 atom stereocenters. The van der Waals surface area contributed by atoms with E-state index in [-0.39, 0.29) is 39.3 Å². The largest absolute Gasteiger partial charge is 0.490 e. The molecular weight excluding hydrogens is 500 g/mol. The van der Waals surface area contributed by atoms with E-state index in [1.807, 2.05) is 0 Å². The van der Waals surface area contributed by atoms with E-state index in [9.17, 15) is 9.18 Å². The summed E-state index contributed by atoms with van der Waals surface area (Å²) in [4.78, 5) is 14.9. The first-order valence-corrected chi connectivity index (χ1v) is 12.4. The molecule has 1 amide bonds. The summed E-state index contributed by atoms with van der Waals surface area (Å²) in [5, 5.41) is 0.716. The first-order valence-electron chi connectivity index (χ1n) is 11.3. The Labute approximate surface area is 214 Å². The second kappa shape index (κ2) is 13.0. The van der Waals surface area contributed by atoms with E-state index >= 15 is 0 Å². The average Bonchev–Trinajstić information content (AvgIpc) is 3.32. The molecule has 0 unspecified atom stereocenters. The van der Waals surface area contributed by atoms with Gasteiger partial charge in [0.15, 0.2) is 5.75 Å². The van der Waals surface area contributed by atoms with Crippen molar-refractivity contribution in [2.75, 3.05) is 6.61 Å². The molecule has 3 rings (SSSR count). The lowest BCUT2D eigenvalue weighted by Gasteiger charge is -2.23. The van der Waals surface area contributed by atoms with Crippen molar-refractivity contribution in [1.82, 2.24) is 4.90 Å². The van der Waals surface area contributed by atoms with Crippen molar-refractivity contribution in [3.63, 3.8) is 0 Å². The third-order valence-corrected chi connectivity index (χ3v) is 6.28. The summed E-state index contributed by atoms with van der Waals surface area (Å²) < 4.78 is 25.6. The fourth-order valence-corrected chi connectivity index (χ4v) is 4.37. The molecule has 0 bridgehead atoms. The SMILES string of the molecule is CCCCCCCOc1c(Cl)cc(C(=O)N(Cc2ccco2)Cc2c(F)cccc2Cl)cc1Cl.